The zero-order valence-corrected chi connectivity index (χ0v) is 9.40. The fraction of sp³-hybridized carbons (Fsp3) is 0. The molecule has 0 aliphatic heterocycles. The van der Waals surface area contributed by atoms with Crippen LogP contribution in [0.4, 0.5) is 0 Å². The lowest BCUT2D eigenvalue weighted by Gasteiger charge is -2.00. The van der Waals surface area contributed by atoms with Gasteiger partial charge in [0.25, 0.3) is 5.56 Å². The van der Waals surface area contributed by atoms with Crippen molar-refractivity contribution in [2.75, 3.05) is 0 Å². The van der Waals surface area contributed by atoms with Crippen LogP contribution in [0.2, 0.25) is 0 Å². The summed E-state index contributed by atoms with van der Waals surface area (Å²) in [7, 11) is 0. The first-order valence-electron chi connectivity index (χ1n) is 4.72. The second-order valence-electron chi connectivity index (χ2n) is 3.16. The number of nitrogens with one attached hydrogen (secondary N) is 1. The van der Waals surface area contributed by atoms with Crippen LogP contribution in [0.1, 0.15) is 10.4 Å². The smallest absolute Gasteiger partial charge is 0.335 e. The Hall–Kier alpha value is -2.08. The standard InChI is InChI=1S/C11H8N2O3S/c14-9-10(13-5-4-12-9)17-8-3-1-2-7(6-8)11(15)16/h1-6H,(H,12,14)(H,15,16). The Balaban J connectivity index is 2.31. The van der Waals surface area contributed by atoms with Crippen molar-refractivity contribution in [3.05, 3.63) is 52.6 Å². The molecule has 17 heavy (non-hydrogen) atoms. The third-order valence-corrected chi connectivity index (χ3v) is 2.94. The molecule has 0 fully saturated rings. The van der Waals surface area contributed by atoms with Crippen LogP contribution in [0, 0.1) is 0 Å². The van der Waals surface area contributed by atoms with Crippen molar-refractivity contribution in [1.82, 2.24) is 9.97 Å². The van der Waals surface area contributed by atoms with E-state index in [1.165, 1.54) is 24.5 Å². The molecule has 1 heterocycles. The molecule has 0 bridgehead atoms. The third-order valence-electron chi connectivity index (χ3n) is 1.97. The van der Waals surface area contributed by atoms with E-state index in [1.54, 1.807) is 12.1 Å². The molecule has 0 aliphatic rings. The lowest BCUT2D eigenvalue weighted by Crippen LogP contribution is -2.08. The highest BCUT2D eigenvalue weighted by molar-refractivity contribution is 7.99. The first-order valence-corrected chi connectivity index (χ1v) is 5.53. The first-order chi connectivity index (χ1) is 8.16. The van der Waals surface area contributed by atoms with Crippen molar-refractivity contribution >= 4 is 17.7 Å². The highest BCUT2D eigenvalue weighted by atomic mass is 32.2. The molecule has 0 radical (unpaired) electrons. The van der Waals surface area contributed by atoms with E-state index in [2.05, 4.69) is 9.97 Å². The van der Waals surface area contributed by atoms with Crippen molar-refractivity contribution < 1.29 is 9.90 Å². The van der Waals surface area contributed by atoms with Gasteiger partial charge in [-0.25, -0.2) is 9.78 Å². The van der Waals surface area contributed by atoms with E-state index in [-0.39, 0.29) is 16.1 Å². The highest BCUT2D eigenvalue weighted by Crippen LogP contribution is 2.23. The zero-order chi connectivity index (χ0) is 12.3. The minimum absolute atomic E-state index is 0.183. The van der Waals surface area contributed by atoms with Crippen molar-refractivity contribution in [3.63, 3.8) is 0 Å². The predicted molar refractivity (Wildman–Crippen MR) is 62.4 cm³/mol. The van der Waals surface area contributed by atoms with Gasteiger partial charge in [0, 0.05) is 17.3 Å². The van der Waals surface area contributed by atoms with Gasteiger partial charge in [-0.15, -0.1) is 0 Å². The number of H-pyrrole nitrogens is 1. The van der Waals surface area contributed by atoms with Crippen LogP contribution in [0.25, 0.3) is 0 Å². The van der Waals surface area contributed by atoms with Crippen molar-refractivity contribution in [2.45, 2.75) is 9.92 Å². The molecule has 0 saturated heterocycles. The predicted octanol–water partition coefficient (Wildman–Crippen LogP) is 1.62. The molecule has 1 aromatic heterocycles. The number of rotatable bonds is 3. The van der Waals surface area contributed by atoms with Crippen LogP contribution in [-0.2, 0) is 0 Å². The van der Waals surface area contributed by atoms with Crippen molar-refractivity contribution in [3.8, 4) is 0 Å². The molecule has 1 aromatic carbocycles. The number of hydrogen-bond donors (Lipinski definition) is 2. The molecule has 2 rings (SSSR count). The van der Waals surface area contributed by atoms with Crippen LogP contribution < -0.4 is 5.56 Å². The Kier molecular flexibility index (Phi) is 3.24. The van der Waals surface area contributed by atoms with E-state index >= 15 is 0 Å². The first kappa shape index (κ1) is 11.4. The molecular weight excluding hydrogens is 240 g/mol. The normalized spacial score (nSPS) is 10.1. The Labute approximate surface area is 101 Å². The van der Waals surface area contributed by atoms with E-state index in [1.807, 2.05) is 0 Å². The molecule has 0 amide bonds. The van der Waals surface area contributed by atoms with Crippen molar-refractivity contribution in [2.24, 2.45) is 0 Å². The summed E-state index contributed by atoms with van der Waals surface area (Å²) in [6.45, 7) is 0. The highest BCUT2D eigenvalue weighted by Gasteiger charge is 2.06. The summed E-state index contributed by atoms with van der Waals surface area (Å²) >= 11 is 1.13. The monoisotopic (exact) mass is 248 g/mol. The maximum Gasteiger partial charge on any atom is 0.335 e. The van der Waals surface area contributed by atoms with Gasteiger partial charge in [0.1, 0.15) is 0 Å². The summed E-state index contributed by atoms with van der Waals surface area (Å²) in [5.74, 6) is -0.998. The number of carboxylic acid groups (broad SMARTS) is 1. The van der Waals surface area contributed by atoms with Gasteiger partial charge < -0.3 is 10.1 Å². The second-order valence-corrected chi connectivity index (χ2v) is 4.22. The van der Waals surface area contributed by atoms with Gasteiger partial charge in [-0.05, 0) is 18.2 Å². The van der Waals surface area contributed by atoms with E-state index < -0.39 is 5.97 Å². The Bertz CT molecular complexity index is 609. The topological polar surface area (TPSA) is 83.0 Å². The van der Waals surface area contributed by atoms with Gasteiger partial charge >= 0.3 is 5.97 Å². The molecule has 5 nitrogen and oxygen atoms in total. The number of aromatic nitrogens is 2. The minimum atomic E-state index is -0.998. The molecule has 0 aliphatic carbocycles. The van der Waals surface area contributed by atoms with Gasteiger partial charge in [-0.3, -0.25) is 4.79 Å². The van der Waals surface area contributed by atoms with Gasteiger partial charge in [0.15, 0.2) is 5.03 Å². The number of carbonyl (C=O) groups is 1. The molecule has 6 heteroatoms. The number of hydrogen-bond acceptors (Lipinski definition) is 4. The largest absolute Gasteiger partial charge is 0.478 e. The number of aromatic carboxylic acids is 1. The van der Waals surface area contributed by atoms with Gasteiger partial charge in [-0.2, -0.15) is 0 Å². The molecule has 0 unspecified atom stereocenters. The fourth-order valence-electron chi connectivity index (χ4n) is 1.22. The Morgan fingerprint density at radius 1 is 1.41 bits per heavy atom. The lowest BCUT2D eigenvalue weighted by molar-refractivity contribution is 0.0696. The number of nitrogens with zero attached hydrogens (tertiary/aromatic N) is 1. The van der Waals surface area contributed by atoms with E-state index in [4.69, 9.17) is 5.11 Å². The number of benzene rings is 1. The van der Waals surface area contributed by atoms with Gasteiger partial charge in [-0.1, -0.05) is 17.8 Å². The maximum absolute atomic E-state index is 11.4. The maximum atomic E-state index is 11.4. The zero-order valence-electron chi connectivity index (χ0n) is 8.58. The van der Waals surface area contributed by atoms with E-state index in [0.717, 1.165) is 11.8 Å². The quantitative estimate of drug-likeness (QED) is 0.862. The van der Waals surface area contributed by atoms with Crippen LogP contribution in [0.15, 0.2) is 51.4 Å². The van der Waals surface area contributed by atoms with E-state index in [0.29, 0.717) is 4.90 Å². The summed E-state index contributed by atoms with van der Waals surface area (Å²) in [5.41, 5.74) is -0.111. The molecule has 0 saturated carbocycles. The van der Waals surface area contributed by atoms with Crippen molar-refractivity contribution in [1.29, 1.82) is 0 Å². The molecule has 0 atom stereocenters. The average molecular weight is 248 g/mol. The number of carboxylic acids is 1. The molecule has 86 valence electrons. The Morgan fingerprint density at radius 2 is 2.24 bits per heavy atom. The lowest BCUT2D eigenvalue weighted by atomic mass is 10.2. The summed E-state index contributed by atoms with van der Waals surface area (Å²) < 4.78 is 0. The number of aromatic amines is 1. The summed E-state index contributed by atoms with van der Waals surface area (Å²) in [4.78, 5) is 29.3. The van der Waals surface area contributed by atoms with Crippen LogP contribution in [0.5, 0.6) is 0 Å². The molecular formula is C11H8N2O3S. The van der Waals surface area contributed by atoms with Crippen LogP contribution >= 0.6 is 11.8 Å². The summed E-state index contributed by atoms with van der Waals surface area (Å²) in [6, 6.07) is 6.35. The molecule has 0 spiro atoms. The molecule has 2 aromatic rings. The second kappa shape index (κ2) is 4.84. The van der Waals surface area contributed by atoms with Crippen LogP contribution in [-0.4, -0.2) is 21.0 Å². The fourth-order valence-corrected chi connectivity index (χ4v) is 2.04. The summed E-state index contributed by atoms with van der Waals surface area (Å²) in [5, 5.41) is 9.12. The SMILES string of the molecule is O=C(O)c1cccc(Sc2ncc[nH]c2=O)c1. The Morgan fingerprint density at radius 3 is 2.94 bits per heavy atom. The van der Waals surface area contributed by atoms with Gasteiger partial charge in [0.2, 0.25) is 0 Å². The average Bonchev–Trinajstić information content (AvgIpc) is 2.32. The molecule has 2 N–H and O–H groups in total. The minimum Gasteiger partial charge on any atom is -0.478 e. The van der Waals surface area contributed by atoms with Gasteiger partial charge in [0.05, 0.1) is 5.56 Å². The van der Waals surface area contributed by atoms with Crippen LogP contribution in [0.3, 0.4) is 0 Å². The van der Waals surface area contributed by atoms with E-state index in [9.17, 15) is 9.59 Å². The third kappa shape index (κ3) is 2.73. The summed E-state index contributed by atoms with van der Waals surface area (Å²) in [6.07, 6.45) is 2.92.